The summed E-state index contributed by atoms with van der Waals surface area (Å²) < 4.78 is 27.7. The van der Waals surface area contributed by atoms with Crippen LogP contribution in [0.5, 0.6) is 0 Å². The van der Waals surface area contributed by atoms with Crippen LogP contribution in [0.25, 0.3) is 0 Å². The molecule has 0 aliphatic carbocycles. The van der Waals surface area contributed by atoms with E-state index < -0.39 is 10.0 Å². The molecule has 9 heteroatoms. The molecule has 1 aromatic rings. The number of benzene rings is 1. The van der Waals surface area contributed by atoms with E-state index in [2.05, 4.69) is 0 Å². The first-order valence-corrected chi connectivity index (χ1v) is 13.1. The zero-order valence-electron chi connectivity index (χ0n) is 19.1. The van der Waals surface area contributed by atoms with Gasteiger partial charge in [0.05, 0.1) is 4.90 Å². The predicted octanol–water partition coefficient (Wildman–Crippen LogP) is 2.06. The molecule has 32 heavy (non-hydrogen) atoms. The fourth-order valence-corrected chi connectivity index (χ4v) is 6.69. The summed E-state index contributed by atoms with van der Waals surface area (Å²) in [5.74, 6) is 0.0157. The number of urea groups is 1. The molecule has 3 aliphatic heterocycles. The minimum absolute atomic E-state index is 0.0832. The van der Waals surface area contributed by atoms with Crippen LogP contribution in [0.1, 0.15) is 36.8 Å². The first-order valence-electron chi connectivity index (χ1n) is 11.7. The molecular formula is C23H34N4O4S. The Balaban J connectivity index is 1.30. The number of sulfonamides is 1. The van der Waals surface area contributed by atoms with Crippen LogP contribution in [0.15, 0.2) is 23.1 Å². The Hall–Kier alpha value is -2.13. The Bertz CT molecular complexity index is 958. The Morgan fingerprint density at radius 2 is 1.41 bits per heavy atom. The van der Waals surface area contributed by atoms with Crippen molar-refractivity contribution in [3.8, 4) is 0 Å². The molecule has 0 radical (unpaired) electrons. The fraction of sp³-hybridized carbons (Fsp3) is 0.652. The first kappa shape index (κ1) is 23.0. The van der Waals surface area contributed by atoms with Gasteiger partial charge in [0.2, 0.25) is 15.9 Å². The van der Waals surface area contributed by atoms with E-state index in [1.807, 2.05) is 35.8 Å². The van der Waals surface area contributed by atoms with Crippen LogP contribution in [0.4, 0.5) is 4.79 Å². The second-order valence-electron chi connectivity index (χ2n) is 9.24. The van der Waals surface area contributed by atoms with Gasteiger partial charge in [-0.05, 0) is 51.2 Å². The lowest BCUT2D eigenvalue weighted by Crippen LogP contribution is -2.53. The summed E-state index contributed by atoms with van der Waals surface area (Å²) in [5.41, 5.74) is 1.78. The average Bonchev–Trinajstić information content (AvgIpc) is 3.33. The van der Waals surface area contributed by atoms with Gasteiger partial charge in [-0.1, -0.05) is 17.7 Å². The fourth-order valence-electron chi connectivity index (χ4n) is 5.06. The van der Waals surface area contributed by atoms with Gasteiger partial charge in [-0.15, -0.1) is 0 Å². The Kier molecular flexibility index (Phi) is 6.76. The van der Waals surface area contributed by atoms with Gasteiger partial charge in [0, 0.05) is 58.3 Å². The molecular weight excluding hydrogens is 428 g/mol. The van der Waals surface area contributed by atoms with E-state index in [0.29, 0.717) is 57.0 Å². The van der Waals surface area contributed by atoms with E-state index in [1.54, 1.807) is 11.0 Å². The second kappa shape index (κ2) is 9.39. The Labute approximate surface area is 191 Å². The van der Waals surface area contributed by atoms with Crippen molar-refractivity contribution in [3.05, 3.63) is 29.3 Å². The molecule has 1 aromatic carbocycles. The summed E-state index contributed by atoms with van der Waals surface area (Å²) in [6.45, 7) is 8.13. The third-order valence-corrected chi connectivity index (χ3v) is 9.05. The Morgan fingerprint density at radius 1 is 0.812 bits per heavy atom. The number of piperazine rings is 1. The average molecular weight is 463 g/mol. The van der Waals surface area contributed by atoms with Crippen molar-refractivity contribution in [1.82, 2.24) is 19.0 Å². The highest BCUT2D eigenvalue weighted by Crippen LogP contribution is 2.25. The van der Waals surface area contributed by atoms with Crippen LogP contribution in [-0.2, 0) is 14.8 Å². The lowest BCUT2D eigenvalue weighted by molar-refractivity contribution is -0.138. The van der Waals surface area contributed by atoms with Crippen molar-refractivity contribution < 1.29 is 18.0 Å². The standard InChI is InChI=1S/C23H34N4O4S/c1-18-5-6-21(19(2)17-18)32(30,31)27-15-13-24(14-16-27)22(28)20-7-11-26(12-8-20)23(29)25-9-3-4-10-25/h5-6,17,20H,3-4,7-16H2,1-2H3. The van der Waals surface area contributed by atoms with Crippen molar-refractivity contribution in [1.29, 1.82) is 0 Å². The number of hydrogen-bond acceptors (Lipinski definition) is 4. The maximum absolute atomic E-state index is 13.1. The minimum Gasteiger partial charge on any atom is -0.340 e. The van der Waals surface area contributed by atoms with Gasteiger partial charge < -0.3 is 14.7 Å². The van der Waals surface area contributed by atoms with E-state index in [4.69, 9.17) is 0 Å². The maximum atomic E-state index is 13.1. The van der Waals surface area contributed by atoms with Crippen molar-refractivity contribution in [2.24, 2.45) is 5.92 Å². The number of rotatable bonds is 3. The van der Waals surface area contributed by atoms with Gasteiger partial charge in [0.1, 0.15) is 0 Å². The summed E-state index contributed by atoms with van der Waals surface area (Å²) in [6.07, 6.45) is 3.51. The normalized spacial score (nSPS) is 21.2. The number of likely N-dealkylation sites (tertiary alicyclic amines) is 2. The molecule has 0 unspecified atom stereocenters. The number of nitrogens with zero attached hydrogens (tertiary/aromatic N) is 4. The molecule has 3 amide bonds. The van der Waals surface area contributed by atoms with Crippen molar-refractivity contribution >= 4 is 22.0 Å². The van der Waals surface area contributed by atoms with E-state index in [0.717, 1.165) is 37.1 Å². The molecule has 3 fully saturated rings. The molecule has 4 rings (SSSR count). The molecule has 0 spiro atoms. The summed E-state index contributed by atoms with van der Waals surface area (Å²) in [4.78, 5) is 31.6. The van der Waals surface area contributed by atoms with E-state index in [1.165, 1.54) is 4.31 Å². The topological polar surface area (TPSA) is 81.2 Å². The van der Waals surface area contributed by atoms with Gasteiger partial charge in [-0.25, -0.2) is 13.2 Å². The van der Waals surface area contributed by atoms with Crippen LogP contribution in [0.3, 0.4) is 0 Å². The smallest absolute Gasteiger partial charge is 0.319 e. The minimum atomic E-state index is -3.56. The van der Waals surface area contributed by atoms with Gasteiger partial charge in [0.15, 0.2) is 0 Å². The summed E-state index contributed by atoms with van der Waals surface area (Å²) in [5, 5.41) is 0. The van der Waals surface area contributed by atoms with E-state index >= 15 is 0 Å². The number of carbonyl (C=O) groups is 2. The lowest BCUT2D eigenvalue weighted by atomic mass is 9.95. The number of piperidine rings is 1. The van der Waals surface area contributed by atoms with Gasteiger partial charge in [-0.2, -0.15) is 4.31 Å². The van der Waals surface area contributed by atoms with Gasteiger partial charge in [0.25, 0.3) is 0 Å². The molecule has 0 saturated carbocycles. The molecule has 0 N–H and O–H groups in total. The molecule has 0 aromatic heterocycles. The number of hydrogen-bond donors (Lipinski definition) is 0. The summed E-state index contributed by atoms with van der Waals surface area (Å²) in [6, 6.07) is 5.49. The largest absolute Gasteiger partial charge is 0.340 e. The monoisotopic (exact) mass is 462 g/mol. The third-order valence-electron chi connectivity index (χ3n) is 6.99. The van der Waals surface area contributed by atoms with Crippen LogP contribution in [-0.4, -0.2) is 91.7 Å². The van der Waals surface area contributed by atoms with E-state index in [9.17, 15) is 18.0 Å². The Morgan fingerprint density at radius 3 is 2.00 bits per heavy atom. The summed E-state index contributed by atoms with van der Waals surface area (Å²) in [7, 11) is -3.56. The first-order chi connectivity index (χ1) is 15.3. The van der Waals surface area contributed by atoms with Crippen LogP contribution < -0.4 is 0 Å². The molecule has 8 nitrogen and oxygen atoms in total. The van der Waals surface area contributed by atoms with Crippen LogP contribution in [0.2, 0.25) is 0 Å². The highest BCUT2D eigenvalue weighted by atomic mass is 32.2. The molecule has 0 bridgehead atoms. The predicted molar refractivity (Wildman–Crippen MR) is 122 cm³/mol. The van der Waals surface area contributed by atoms with Gasteiger partial charge in [-0.3, -0.25) is 4.79 Å². The summed E-state index contributed by atoms with van der Waals surface area (Å²) >= 11 is 0. The SMILES string of the molecule is Cc1ccc(S(=O)(=O)N2CCN(C(=O)C3CCN(C(=O)N4CCCC4)CC3)CC2)c(C)c1. The molecule has 176 valence electrons. The quantitative estimate of drug-likeness (QED) is 0.689. The molecule has 0 atom stereocenters. The molecule has 3 heterocycles. The molecule has 3 saturated heterocycles. The van der Waals surface area contributed by atoms with Crippen molar-refractivity contribution in [3.63, 3.8) is 0 Å². The van der Waals surface area contributed by atoms with E-state index in [-0.39, 0.29) is 17.9 Å². The third kappa shape index (κ3) is 4.64. The van der Waals surface area contributed by atoms with Gasteiger partial charge >= 0.3 is 6.03 Å². The zero-order chi connectivity index (χ0) is 22.9. The zero-order valence-corrected chi connectivity index (χ0v) is 19.9. The van der Waals surface area contributed by atoms with Crippen LogP contribution >= 0.6 is 0 Å². The highest BCUT2D eigenvalue weighted by molar-refractivity contribution is 7.89. The van der Waals surface area contributed by atoms with Crippen molar-refractivity contribution in [2.75, 3.05) is 52.4 Å². The van der Waals surface area contributed by atoms with Crippen LogP contribution in [0, 0.1) is 19.8 Å². The maximum Gasteiger partial charge on any atom is 0.319 e. The molecule has 3 aliphatic rings. The number of aryl methyl sites for hydroxylation is 2. The number of amides is 3. The highest BCUT2D eigenvalue weighted by Gasteiger charge is 2.35. The van der Waals surface area contributed by atoms with Crippen molar-refractivity contribution in [2.45, 2.75) is 44.4 Å². The second-order valence-corrected chi connectivity index (χ2v) is 11.1. The lowest BCUT2D eigenvalue weighted by Gasteiger charge is -2.38. The number of carbonyl (C=O) groups excluding carboxylic acids is 2.